The van der Waals surface area contributed by atoms with Crippen LogP contribution in [0.4, 0.5) is 0 Å². The van der Waals surface area contributed by atoms with Gasteiger partial charge in [-0.1, -0.05) is 151 Å². The van der Waals surface area contributed by atoms with Crippen LogP contribution in [0.1, 0.15) is 51.4 Å². The summed E-state index contributed by atoms with van der Waals surface area (Å²) in [5.74, 6) is -3.02. The van der Waals surface area contributed by atoms with Crippen molar-refractivity contribution in [2.45, 2.75) is 5.92 Å². The molecule has 0 amide bonds. The van der Waals surface area contributed by atoms with Crippen molar-refractivity contribution in [3.8, 4) is 56.4 Å². The quantitative estimate of drug-likeness (QED) is 0.175. The first-order chi connectivity index (χ1) is 37.0. The van der Waals surface area contributed by atoms with Gasteiger partial charge in [0.1, 0.15) is 22.3 Å². The second-order valence-electron chi connectivity index (χ2n) is 13.1. The van der Waals surface area contributed by atoms with E-state index >= 15 is 0 Å². The van der Waals surface area contributed by atoms with Crippen molar-refractivity contribution in [2.24, 2.45) is 0 Å². The van der Waals surface area contributed by atoms with E-state index in [1.54, 1.807) is 24.3 Å². The molecule has 0 fully saturated rings. The smallest absolute Gasteiger partial charge is 0.167 e. The summed E-state index contributed by atoms with van der Waals surface area (Å²) in [6, 6.07) is 1.30. The summed E-state index contributed by atoms with van der Waals surface area (Å²) in [7, 11) is 0. The van der Waals surface area contributed by atoms with E-state index in [0.29, 0.717) is 5.56 Å². The first-order valence-corrected chi connectivity index (χ1v) is 17.5. The van der Waals surface area contributed by atoms with Gasteiger partial charge in [0.25, 0.3) is 0 Å². The Labute approximate surface area is 357 Å². The largest absolute Gasteiger partial charge is 0.455 e. The first kappa shape index (κ1) is 17.4. The number of aromatic nitrogens is 3. The van der Waals surface area contributed by atoms with Crippen LogP contribution in [-0.4, -0.2) is 15.0 Å². The predicted molar refractivity (Wildman–Crippen MR) is 229 cm³/mol. The third kappa shape index (κ3) is 4.99. The first-order valence-electron chi connectivity index (χ1n) is 28.0. The lowest BCUT2D eigenvalue weighted by atomic mass is 9.88. The minimum Gasteiger partial charge on any atom is -0.455 e. The second-order valence-corrected chi connectivity index (χ2v) is 13.1. The number of furan rings is 2. The molecule has 12 rings (SSSR count). The van der Waals surface area contributed by atoms with E-state index in [1.807, 2.05) is 30.3 Å². The van der Waals surface area contributed by atoms with Crippen LogP contribution in [0, 0.1) is 0 Å². The number of hydrogen-bond donors (Lipinski definition) is 0. The Kier molecular flexibility index (Phi) is 3.81. The Bertz CT molecular complexity index is 4600. The van der Waals surface area contributed by atoms with E-state index in [2.05, 4.69) is 4.98 Å². The average Bonchev–Trinajstić information content (AvgIpc) is 3.32. The maximum Gasteiger partial charge on any atom is 0.167 e. The Morgan fingerprint density at radius 1 is 0.439 bits per heavy atom. The summed E-state index contributed by atoms with van der Waals surface area (Å²) >= 11 is 0. The fourth-order valence-corrected chi connectivity index (χ4v) is 7.36. The van der Waals surface area contributed by atoms with Crippen LogP contribution in [0.3, 0.4) is 0 Å². The molecule has 3 heterocycles. The van der Waals surface area contributed by atoms with Crippen molar-refractivity contribution in [2.75, 3.05) is 0 Å². The van der Waals surface area contributed by atoms with Gasteiger partial charge in [0, 0.05) is 44.2 Å². The lowest BCUT2D eigenvalue weighted by molar-refractivity contribution is 0.669. The zero-order chi connectivity index (χ0) is 55.7. The fourth-order valence-electron chi connectivity index (χ4n) is 7.36. The molecule has 8 aromatic carbocycles. The highest BCUT2D eigenvalue weighted by atomic mass is 16.3. The lowest BCUT2D eigenvalue weighted by Gasteiger charge is -2.16. The van der Waals surface area contributed by atoms with E-state index < -0.39 is 178 Å². The van der Waals surface area contributed by atoms with Gasteiger partial charge in [0.05, 0.1) is 34.3 Å². The van der Waals surface area contributed by atoms with Crippen LogP contribution < -0.4 is 0 Å². The van der Waals surface area contributed by atoms with Crippen molar-refractivity contribution in [3.05, 3.63) is 198 Å². The van der Waals surface area contributed by atoms with Gasteiger partial charge in [-0.2, -0.15) is 0 Å². The number of nitrogens with zero attached hydrogens (tertiary/aromatic N) is 3. The topological polar surface area (TPSA) is 65.0 Å². The van der Waals surface area contributed by atoms with Crippen molar-refractivity contribution in [1.82, 2.24) is 15.0 Å². The molecular weight excluding hydrogens is 699 g/mol. The number of fused-ring (bicyclic) bond motifs is 10. The minimum absolute atomic E-state index is 0.191. The molecule has 5 nitrogen and oxygen atoms in total. The summed E-state index contributed by atoms with van der Waals surface area (Å²) in [4.78, 5) is 14.2. The van der Waals surface area contributed by atoms with Gasteiger partial charge in [-0.05, 0) is 63.6 Å². The molecule has 11 aromatic rings. The lowest BCUT2D eigenvalue weighted by Crippen LogP contribution is -2.02. The fraction of sp³-hybridized carbons (Fsp3) is 0.0192. The number of benzene rings is 8. The molecule has 266 valence electrons. The van der Waals surface area contributed by atoms with Gasteiger partial charge in [0.2, 0.25) is 0 Å². The van der Waals surface area contributed by atoms with Gasteiger partial charge >= 0.3 is 0 Å². The number of rotatable bonds is 5. The van der Waals surface area contributed by atoms with Crippen molar-refractivity contribution in [3.63, 3.8) is 0 Å². The van der Waals surface area contributed by atoms with E-state index in [1.165, 1.54) is 0 Å². The van der Waals surface area contributed by atoms with Crippen LogP contribution in [0.5, 0.6) is 0 Å². The van der Waals surface area contributed by atoms with Crippen LogP contribution in [0.15, 0.2) is 190 Å². The number of para-hydroxylation sites is 3. The molecule has 5 heteroatoms. The van der Waals surface area contributed by atoms with Crippen LogP contribution >= 0.6 is 0 Å². The summed E-state index contributed by atoms with van der Waals surface area (Å²) in [5.41, 5.74) is -2.50. The maximum atomic E-state index is 10.1. The Hall–Kier alpha value is -7.63. The Balaban J connectivity index is 1.20. The molecule has 0 spiro atoms. The molecule has 0 saturated carbocycles. The second kappa shape index (κ2) is 12.4. The van der Waals surface area contributed by atoms with E-state index in [0.717, 1.165) is 5.56 Å². The van der Waals surface area contributed by atoms with E-state index in [9.17, 15) is 12.3 Å². The van der Waals surface area contributed by atoms with Gasteiger partial charge in [-0.3, -0.25) is 0 Å². The molecule has 0 aliphatic heterocycles. The molecule has 1 unspecified atom stereocenters. The molecule has 57 heavy (non-hydrogen) atoms. The average molecular weight is 751 g/mol. The third-order valence-corrected chi connectivity index (χ3v) is 9.88. The van der Waals surface area contributed by atoms with Crippen LogP contribution in [0.25, 0.3) is 100 Å². The van der Waals surface area contributed by atoms with Crippen molar-refractivity contribution >= 4 is 43.9 Å². The van der Waals surface area contributed by atoms with Crippen LogP contribution in [0.2, 0.25) is 0 Å². The summed E-state index contributed by atoms with van der Waals surface area (Å²) in [5, 5.41) is -1.09. The van der Waals surface area contributed by atoms with Crippen LogP contribution in [-0.2, 0) is 0 Å². The van der Waals surface area contributed by atoms with Gasteiger partial charge in [-0.25, -0.2) is 15.0 Å². The highest BCUT2D eigenvalue weighted by Gasteiger charge is 2.33. The monoisotopic (exact) mass is 750 g/mol. The molecule has 3 aromatic heterocycles. The van der Waals surface area contributed by atoms with Gasteiger partial charge < -0.3 is 8.83 Å². The Morgan fingerprint density at radius 3 is 1.91 bits per heavy atom. The van der Waals surface area contributed by atoms with E-state index in [4.69, 9.17) is 35.3 Å². The zero-order valence-electron chi connectivity index (χ0n) is 49.9. The SMILES string of the molecule is [2H]c1c([2H])c([2H])c2c(c1[2H])-c1c(c([2H])c([2H])c3c1oc1c([2H])c([2H])c([2H])c([2H])c13)C2c1c([2H])c([2H])c([2H])c(-c2nc(-c3cccc(-c4ccccc4)c3)nc(-c3c([2H])c([2H])c([2H])c4c3oc3c([2H])c([2H])c([2H])c([2H])c34)n2)c1[2H]. The molecular formula is C52H31N3O2. The summed E-state index contributed by atoms with van der Waals surface area (Å²) in [6.45, 7) is 0. The van der Waals surface area contributed by atoms with Gasteiger partial charge in [-0.15, -0.1) is 0 Å². The Morgan fingerprint density at radius 2 is 1.07 bits per heavy atom. The molecule has 1 atom stereocenters. The highest BCUT2D eigenvalue weighted by Crippen LogP contribution is 2.52. The predicted octanol–water partition coefficient (Wildman–Crippen LogP) is 13.5. The third-order valence-electron chi connectivity index (χ3n) is 9.88. The summed E-state index contributed by atoms with van der Waals surface area (Å²) in [6.07, 6.45) is 0. The minimum atomic E-state index is -1.78. The molecule has 0 radical (unpaired) electrons. The normalized spacial score (nSPS) is 18.6. The van der Waals surface area contributed by atoms with Gasteiger partial charge in [0.15, 0.2) is 17.5 Å². The standard InChI is InChI=1S/C52H31N3O2/c1-2-13-31(14-3-1)32-15-10-17-34(29-32)50-53-51(55-52(54-50)43-24-12-23-40-36-19-6-8-25-44(36)56-48(40)43)35-18-11-16-33(30-35)46-38-21-4-5-22-39(38)47-42(46)28-27-41-37-20-7-9-26-45(37)57-49(41)47/h1-30,46H/i4D,5D,6D,7D,8D,9D,11D,12D,16D,18D,19D,20D,21D,22D,23D,24D,25D,26D,27D,28D,30D. The van der Waals surface area contributed by atoms with Crippen molar-refractivity contribution in [1.29, 1.82) is 0 Å². The van der Waals surface area contributed by atoms with E-state index in [-0.39, 0.29) is 60.8 Å². The summed E-state index contributed by atoms with van der Waals surface area (Å²) < 4.78 is 201. The molecule has 0 saturated heterocycles. The zero-order valence-corrected chi connectivity index (χ0v) is 28.9. The van der Waals surface area contributed by atoms with Crippen molar-refractivity contribution < 1.29 is 37.6 Å². The number of hydrogen-bond acceptors (Lipinski definition) is 5. The molecule has 1 aliphatic carbocycles. The highest BCUT2D eigenvalue weighted by molar-refractivity contribution is 6.12. The maximum absolute atomic E-state index is 10.1. The molecule has 0 N–H and O–H groups in total. The molecule has 0 bridgehead atoms. The molecule has 1 aliphatic rings.